The van der Waals surface area contributed by atoms with Gasteiger partial charge in [0.15, 0.2) is 5.96 Å². The van der Waals surface area contributed by atoms with Gasteiger partial charge in [-0.3, -0.25) is 9.79 Å². The second-order valence-electron chi connectivity index (χ2n) is 6.02. The van der Waals surface area contributed by atoms with E-state index in [-0.39, 0.29) is 29.9 Å². The Bertz CT molecular complexity index is 419. The number of halogens is 1. The average Bonchev–Trinajstić information content (AvgIpc) is 2.56. The van der Waals surface area contributed by atoms with Crippen molar-refractivity contribution in [3.05, 3.63) is 11.6 Å². The summed E-state index contributed by atoms with van der Waals surface area (Å²) in [5.41, 5.74) is 1.54. The maximum atomic E-state index is 12.2. The summed E-state index contributed by atoms with van der Waals surface area (Å²) in [4.78, 5) is 20.7. The van der Waals surface area contributed by atoms with Gasteiger partial charge in [0.2, 0.25) is 5.91 Å². The highest BCUT2D eigenvalue weighted by Gasteiger charge is 2.15. The minimum atomic E-state index is 0. The molecule has 0 heterocycles. The van der Waals surface area contributed by atoms with E-state index in [1.54, 1.807) is 0 Å². The first-order chi connectivity index (χ1) is 11.1. The van der Waals surface area contributed by atoms with Crippen LogP contribution in [-0.4, -0.2) is 61.4 Å². The van der Waals surface area contributed by atoms with Crippen LogP contribution in [0.1, 0.15) is 52.9 Å². The Labute approximate surface area is 165 Å². The van der Waals surface area contributed by atoms with Crippen LogP contribution < -0.4 is 5.32 Å². The van der Waals surface area contributed by atoms with Gasteiger partial charge in [-0.2, -0.15) is 0 Å². The third kappa shape index (κ3) is 8.35. The summed E-state index contributed by atoms with van der Waals surface area (Å²) >= 11 is 0. The van der Waals surface area contributed by atoms with Gasteiger partial charge in [-0.1, -0.05) is 11.6 Å². The molecule has 6 heteroatoms. The van der Waals surface area contributed by atoms with Crippen molar-refractivity contribution >= 4 is 35.8 Å². The minimum Gasteiger partial charge on any atom is -0.357 e. The van der Waals surface area contributed by atoms with Crippen molar-refractivity contribution in [2.45, 2.75) is 52.9 Å². The summed E-state index contributed by atoms with van der Waals surface area (Å²) < 4.78 is 0. The number of likely N-dealkylation sites (N-methyl/N-ethyl adjacent to an activating group) is 2. The Balaban J connectivity index is 0.00000529. The van der Waals surface area contributed by atoms with E-state index in [1.165, 1.54) is 31.3 Å². The number of hydrogen-bond acceptors (Lipinski definition) is 2. The summed E-state index contributed by atoms with van der Waals surface area (Å²) in [5, 5.41) is 3.29. The maximum Gasteiger partial charge on any atom is 0.242 e. The van der Waals surface area contributed by atoms with E-state index in [0.717, 1.165) is 38.6 Å². The summed E-state index contributed by atoms with van der Waals surface area (Å²) in [7, 11) is 1.93. The molecule has 1 amide bonds. The topological polar surface area (TPSA) is 47.9 Å². The van der Waals surface area contributed by atoms with E-state index in [1.807, 2.05) is 30.7 Å². The number of hydrogen-bond donors (Lipinski definition) is 1. The SMILES string of the molecule is CCNC(=NCCC1=CCCCC1)N(C)CC(=O)N(CC)CC.I. The number of amides is 1. The van der Waals surface area contributed by atoms with Crippen LogP contribution >= 0.6 is 24.0 Å². The van der Waals surface area contributed by atoms with Gasteiger partial charge in [0.05, 0.1) is 6.54 Å². The van der Waals surface area contributed by atoms with Gasteiger partial charge in [0.1, 0.15) is 0 Å². The molecule has 5 nitrogen and oxygen atoms in total. The zero-order valence-corrected chi connectivity index (χ0v) is 18.1. The van der Waals surface area contributed by atoms with Crippen LogP contribution in [0.15, 0.2) is 16.6 Å². The predicted molar refractivity (Wildman–Crippen MR) is 113 cm³/mol. The molecule has 0 aromatic heterocycles. The molecule has 0 aliphatic heterocycles. The molecule has 1 aliphatic carbocycles. The van der Waals surface area contributed by atoms with E-state index in [4.69, 9.17) is 4.99 Å². The highest BCUT2D eigenvalue weighted by Crippen LogP contribution is 2.19. The standard InChI is InChI=1S/C18H34N4O.HI/c1-5-19-18(20-14-13-16-11-9-8-10-12-16)21(4)15-17(23)22(6-2)7-3;/h11H,5-10,12-15H2,1-4H3,(H,19,20);1H. The first-order valence-electron chi connectivity index (χ1n) is 9.07. The lowest BCUT2D eigenvalue weighted by molar-refractivity contribution is -0.131. The van der Waals surface area contributed by atoms with Crippen LogP contribution in [0.25, 0.3) is 0 Å². The molecule has 0 aromatic rings. The number of nitrogens with one attached hydrogen (secondary N) is 1. The molecule has 0 bridgehead atoms. The van der Waals surface area contributed by atoms with Crippen molar-refractivity contribution in [1.82, 2.24) is 15.1 Å². The van der Waals surface area contributed by atoms with Crippen molar-refractivity contribution in [3.63, 3.8) is 0 Å². The second kappa shape index (κ2) is 13.5. The van der Waals surface area contributed by atoms with E-state index < -0.39 is 0 Å². The first-order valence-corrected chi connectivity index (χ1v) is 9.07. The fraction of sp³-hybridized carbons (Fsp3) is 0.778. The number of rotatable bonds is 8. The summed E-state index contributed by atoms with van der Waals surface area (Å²) in [5.74, 6) is 0.975. The van der Waals surface area contributed by atoms with Crippen molar-refractivity contribution in [1.29, 1.82) is 0 Å². The molecule has 0 unspecified atom stereocenters. The fourth-order valence-electron chi connectivity index (χ4n) is 2.86. The summed E-state index contributed by atoms with van der Waals surface area (Å²) in [6.45, 7) is 9.56. The molecule has 140 valence electrons. The van der Waals surface area contributed by atoms with Crippen molar-refractivity contribution in [2.75, 3.05) is 39.8 Å². The highest BCUT2D eigenvalue weighted by molar-refractivity contribution is 14.0. The molecular formula is C18H35IN4O. The van der Waals surface area contributed by atoms with Gasteiger partial charge in [0.25, 0.3) is 0 Å². The number of guanidine groups is 1. The lowest BCUT2D eigenvalue weighted by atomic mass is 9.97. The maximum absolute atomic E-state index is 12.2. The Morgan fingerprint density at radius 2 is 1.96 bits per heavy atom. The molecule has 1 rings (SSSR count). The Kier molecular flexibility index (Phi) is 13.1. The summed E-state index contributed by atoms with van der Waals surface area (Å²) in [6, 6.07) is 0. The monoisotopic (exact) mass is 450 g/mol. The molecule has 0 atom stereocenters. The van der Waals surface area contributed by atoms with Gasteiger partial charge in [0, 0.05) is 33.2 Å². The zero-order chi connectivity index (χ0) is 17.1. The van der Waals surface area contributed by atoms with E-state index in [9.17, 15) is 4.79 Å². The zero-order valence-electron chi connectivity index (χ0n) is 15.8. The molecular weight excluding hydrogens is 415 g/mol. The van der Waals surface area contributed by atoms with Gasteiger partial charge >= 0.3 is 0 Å². The Morgan fingerprint density at radius 3 is 2.50 bits per heavy atom. The Hall–Kier alpha value is -0.790. The fourth-order valence-corrected chi connectivity index (χ4v) is 2.86. The Morgan fingerprint density at radius 1 is 1.25 bits per heavy atom. The van der Waals surface area contributed by atoms with Crippen molar-refractivity contribution in [2.24, 2.45) is 4.99 Å². The first kappa shape index (κ1) is 23.2. The van der Waals surface area contributed by atoms with Gasteiger partial charge in [-0.25, -0.2) is 0 Å². The summed E-state index contributed by atoms with van der Waals surface area (Å²) in [6.07, 6.45) is 8.49. The van der Waals surface area contributed by atoms with Gasteiger partial charge in [-0.05, 0) is 52.9 Å². The van der Waals surface area contributed by atoms with Crippen molar-refractivity contribution < 1.29 is 4.79 Å². The van der Waals surface area contributed by atoms with E-state index in [2.05, 4.69) is 18.3 Å². The van der Waals surface area contributed by atoms with E-state index in [0.29, 0.717) is 6.54 Å². The largest absolute Gasteiger partial charge is 0.357 e. The molecule has 0 saturated carbocycles. The van der Waals surface area contributed by atoms with Crippen LogP contribution in [0.2, 0.25) is 0 Å². The number of carbonyl (C=O) groups is 1. The highest BCUT2D eigenvalue weighted by atomic mass is 127. The van der Waals surface area contributed by atoms with Crippen molar-refractivity contribution in [3.8, 4) is 0 Å². The third-order valence-electron chi connectivity index (χ3n) is 4.26. The molecule has 0 aromatic carbocycles. The van der Waals surface area contributed by atoms with Crippen LogP contribution in [0, 0.1) is 0 Å². The minimum absolute atomic E-state index is 0. The van der Waals surface area contributed by atoms with Crippen LogP contribution in [0.3, 0.4) is 0 Å². The molecule has 1 aliphatic rings. The average molecular weight is 450 g/mol. The number of carbonyl (C=O) groups excluding carboxylic acids is 1. The molecule has 0 fully saturated rings. The second-order valence-corrected chi connectivity index (χ2v) is 6.02. The number of allylic oxidation sites excluding steroid dienone is 1. The lowest BCUT2D eigenvalue weighted by Crippen LogP contribution is -2.45. The van der Waals surface area contributed by atoms with E-state index >= 15 is 0 Å². The molecule has 1 N–H and O–H groups in total. The molecule has 0 saturated heterocycles. The molecule has 0 radical (unpaired) electrons. The quantitative estimate of drug-likeness (QED) is 0.267. The van der Waals surface area contributed by atoms with Gasteiger partial charge < -0.3 is 15.1 Å². The van der Waals surface area contributed by atoms with Crippen LogP contribution in [0.5, 0.6) is 0 Å². The normalized spacial score (nSPS) is 14.5. The number of nitrogens with zero attached hydrogens (tertiary/aromatic N) is 3. The third-order valence-corrected chi connectivity index (χ3v) is 4.26. The molecule has 0 spiro atoms. The molecule has 24 heavy (non-hydrogen) atoms. The lowest BCUT2D eigenvalue weighted by Gasteiger charge is -2.25. The predicted octanol–water partition coefficient (Wildman–Crippen LogP) is 3.26. The smallest absolute Gasteiger partial charge is 0.242 e. The van der Waals surface area contributed by atoms with Gasteiger partial charge in [-0.15, -0.1) is 24.0 Å². The van der Waals surface area contributed by atoms with Crippen LogP contribution in [-0.2, 0) is 4.79 Å². The van der Waals surface area contributed by atoms with Crippen LogP contribution in [0.4, 0.5) is 0 Å². The number of aliphatic imine (C=N–C) groups is 1.